The monoisotopic (exact) mass is 410 g/mol. The van der Waals surface area contributed by atoms with Crippen molar-refractivity contribution in [2.45, 2.75) is 33.4 Å². The molecule has 0 saturated heterocycles. The summed E-state index contributed by atoms with van der Waals surface area (Å²) in [5, 5.41) is 2.77. The first kappa shape index (κ1) is 20.5. The lowest BCUT2D eigenvalue weighted by Gasteiger charge is -2.08. The third-order valence-corrected chi connectivity index (χ3v) is 5.11. The van der Waals surface area contributed by atoms with E-state index in [0.717, 1.165) is 11.1 Å². The van der Waals surface area contributed by atoms with E-state index < -0.39 is 0 Å². The van der Waals surface area contributed by atoms with E-state index in [1.807, 2.05) is 45.0 Å². The van der Waals surface area contributed by atoms with Crippen LogP contribution in [-0.4, -0.2) is 22.3 Å². The number of aromatic nitrogens is 1. The summed E-state index contributed by atoms with van der Waals surface area (Å²) in [5.41, 5.74) is 1.65. The first-order valence-corrected chi connectivity index (χ1v) is 10.0. The van der Waals surface area contributed by atoms with Crippen LogP contribution in [0.5, 0.6) is 0 Å². The Hall–Kier alpha value is -3.19. The maximum atomic E-state index is 13.0. The fourth-order valence-electron chi connectivity index (χ4n) is 2.82. The van der Waals surface area contributed by atoms with Crippen molar-refractivity contribution >= 4 is 35.2 Å². The zero-order valence-corrected chi connectivity index (χ0v) is 17.3. The van der Waals surface area contributed by atoms with Crippen molar-refractivity contribution in [3.63, 3.8) is 0 Å². The van der Waals surface area contributed by atoms with Crippen LogP contribution in [-0.2, 0) is 11.3 Å². The number of Topliss-reactive ketones (excluding diaryl/α,β-unsaturated/α-hetero) is 1. The zero-order chi connectivity index (χ0) is 21.0. The fourth-order valence-corrected chi connectivity index (χ4v) is 3.86. The number of benzene rings is 1. The third kappa shape index (κ3) is 5.20. The highest BCUT2D eigenvalue weighted by Gasteiger charge is 2.13. The summed E-state index contributed by atoms with van der Waals surface area (Å²) >= 11 is 1.17. The molecule has 0 fully saturated rings. The summed E-state index contributed by atoms with van der Waals surface area (Å²) in [5.74, 6) is -0.480. The van der Waals surface area contributed by atoms with Gasteiger partial charge in [-0.05, 0) is 44.5 Å². The van der Waals surface area contributed by atoms with Gasteiger partial charge in [0.2, 0.25) is 11.7 Å². The van der Waals surface area contributed by atoms with E-state index in [0.29, 0.717) is 9.20 Å². The molecule has 2 aromatic heterocycles. The lowest BCUT2D eigenvalue weighted by atomic mass is 10.1. The standard InChI is InChI=1S/C22H22N2O4S/c1-14(2)23-20(26)13-24-21(12-17(25)18-8-5-9-28-18)29-19(22(24)27)11-16-7-4-6-15(3)10-16/h4-12,14H,13H2,1-3H3,(H,23,26)/b19-11+,21-12-. The molecule has 7 heteroatoms. The van der Waals surface area contributed by atoms with Crippen molar-refractivity contribution in [3.05, 3.63) is 79.1 Å². The molecule has 3 rings (SSSR count). The number of ketones is 1. The number of hydrogen-bond donors (Lipinski definition) is 1. The molecule has 0 spiro atoms. The molecule has 0 bridgehead atoms. The van der Waals surface area contributed by atoms with Crippen LogP contribution in [0.2, 0.25) is 0 Å². The lowest BCUT2D eigenvalue weighted by Crippen LogP contribution is -2.40. The molecule has 0 aliphatic heterocycles. The molecule has 0 aliphatic rings. The van der Waals surface area contributed by atoms with Crippen LogP contribution in [0.4, 0.5) is 0 Å². The van der Waals surface area contributed by atoms with Crippen LogP contribution in [0.25, 0.3) is 12.2 Å². The highest BCUT2D eigenvalue weighted by atomic mass is 32.1. The molecule has 1 N–H and O–H groups in total. The number of thiazole rings is 1. The minimum atomic E-state index is -0.364. The summed E-state index contributed by atoms with van der Waals surface area (Å²) in [6, 6.07) is 10.9. The Balaban J connectivity index is 2.11. The second-order valence-corrected chi connectivity index (χ2v) is 8.02. The van der Waals surface area contributed by atoms with Crippen LogP contribution in [0.3, 0.4) is 0 Å². The van der Waals surface area contributed by atoms with Gasteiger partial charge in [0.1, 0.15) is 11.2 Å². The predicted octanol–water partition coefficient (Wildman–Crippen LogP) is 1.83. The molecular formula is C22H22N2O4S. The predicted molar refractivity (Wildman–Crippen MR) is 113 cm³/mol. The number of nitrogens with zero attached hydrogens (tertiary/aromatic N) is 1. The average molecular weight is 410 g/mol. The molecule has 6 nitrogen and oxygen atoms in total. The Morgan fingerprint density at radius 1 is 1.24 bits per heavy atom. The van der Waals surface area contributed by atoms with Gasteiger partial charge in [0.25, 0.3) is 5.56 Å². The van der Waals surface area contributed by atoms with Gasteiger partial charge >= 0.3 is 0 Å². The highest BCUT2D eigenvalue weighted by Crippen LogP contribution is 2.04. The van der Waals surface area contributed by atoms with Gasteiger partial charge in [-0.25, -0.2) is 0 Å². The summed E-state index contributed by atoms with van der Waals surface area (Å²) in [4.78, 5) is 37.7. The van der Waals surface area contributed by atoms with Crippen molar-refractivity contribution < 1.29 is 14.0 Å². The second kappa shape index (κ2) is 8.87. The Kier molecular flexibility index (Phi) is 6.29. The molecule has 0 unspecified atom stereocenters. The van der Waals surface area contributed by atoms with E-state index in [9.17, 15) is 14.4 Å². The normalized spacial score (nSPS) is 12.6. The second-order valence-electron chi connectivity index (χ2n) is 6.96. The van der Waals surface area contributed by atoms with Gasteiger partial charge in [-0.3, -0.25) is 19.0 Å². The van der Waals surface area contributed by atoms with E-state index in [2.05, 4.69) is 5.32 Å². The van der Waals surface area contributed by atoms with Crippen LogP contribution >= 0.6 is 11.3 Å². The third-order valence-electron chi connectivity index (χ3n) is 4.05. The van der Waals surface area contributed by atoms with Gasteiger partial charge in [-0.1, -0.05) is 29.8 Å². The average Bonchev–Trinajstić information content (AvgIpc) is 3.26. The van der Waals surface area contributed by atoms with Gasteiger partial charge in [0.05, 0.1) is 10.8 Å². The highest BCUT2D eigenvalue weighted by molar-refractivity contribution is 7.07. The van der Waals surface area contributed by atoms with Crippen molar-refractivity contribution in [2.24, 2.45) is 0 Å². The quantitative estimate of drug-likeness (QED) is 0.629. The molecule has 2 heterocycles. The first-order chi connectivity index (χ1) is 13.8. The van der Waals surface area contributed by atoms with E-state index in [1.54, 1.807) is 18.2 Å². The number of carbonyl (C=O) groups is 2. The maximum absolute atomic E-state index is 13.0. The molecule has 0 aliphatic carbocycles. The molecule has 29 heavy (non-hydrogen) atoms. The van der Waals surface area contributed by atoms with Crippen LogP contribution in [0, 0.1) is 6.92 Å². The van der Waals surface area contributed by atoms with Gasteiger partial charge in [0.15, 0.2) is 5.76 Å². The van der Waals surface area contributed by atoms with Crippen LogP contribution in [0.15, 0.2) is 51.9 Å². The van der Waals surface area contributed by atoms with Gasteiger partial charge in [-0.15, -0.1) is 11.3 Å². The Labute approximate surface area is 171 Å². The molecule has 0 radical (unpaired) electrons. The summed E-state index contributed by atoms with van der Waals surface area (Å²) in [7, 11) is 0. The van der Waals surface area contributed by atoms with E-state index in [-0.39, 0.29) is 35.6 Å². The topological polar surface area (TPSA) is 81.3 Å². The number of nitrogens with one attached hydrogen (secondary N) is 1. The Bertz CT molecular complexity index is 1200. The summed E-state index contributed by atoms with van der Waals surface area (Å²) in [6.45, 7) is 5.51. The van der Waals surface area contributed by atoms with Gasteiger partial charge < -0.3 is 9.73 Å². The minimum absolute atomic E-state index is 0.0488. The van der Waals surface area contributed by atoms with E-state index in [1.165, 1.54) is 28.2 Å². The molecule has 1 amide bonds. The SMILES string of the molecule is Cc1cccc(/C=c2/s/c(=C\C(=O)c3ccco3)n(CC(=O)NC(C)C)c2=O)c1. The van der Waals surface area contributed by atoms with Gasteiger partial charge in [-0.2, -0.15) is 0 Å². The summed E-state index contributed by atoms with van der Waals surface area (Å²) in [6.07, 6.45) is 4.52. The van der Waals surface area contributed by atoms with Crippen molar-refractivity contribution in [1.29, 1.82) is 0 Å². The Morgan fingerprint density at radius 3 is 2.69 bits per heavy atom. The first-order valence-electron chi connectivity index (χ1n) is 9.20. The number of carbonyl (C=O) groups excluding carboxylic acids is 2. The lowest BCUT2D eigenvalue weighted by molar-refractivity contribution is -0.122. The van der Waals surface area contributed by atoms with Gasteiger partial charge in [0, 0.05) is 12.1 Å². The molecule has 150 valence electrons. The van der Waals surface area contributed by atoms with Crippen LogP contribution in [0.1, 0.15) is 35.5 Å². The molecule has 0 saturated carbocycles. The number of rotatable bonds is 6. The van der Waals surface area contributed by atoms with Crippen molar-refractivity contribution in [2.75, 3.05) is 0 Å². The van der Waals surface area contributed by atoms with E-state index >= 15 is 0 Å². The van der Waals surface area contributed by atoms with Crippen molar-refractivity contribution in [1.82, 2.24) is 9.88 Å². The number of hydrogen-bond acceptors (Lipinski definition) is 5. The Morgan fingerprint density at radius 2 is 2.03 bits per heavy atom. The molecule has 1 aromatic carbocycles. The molecule has 3 aromatic rings. The zero-order valence-electron chi connectivity index (χ0n) is 16.5. The largest absolute Gasteiger partial charge is 0.461 e. The van der Waals surface area contributed by atoms with Crippen molar-refractivity contribution in [3.8, 4) is 0 Å². The summed E-state index contributed by atoms with van der Waals surface area (Å²) < 4.78 is 7.31. The molecule has 0 atom stereocenters. The maximum Gasteiger partial charge on any atom is 0.269 e. The minimum Gasteiger partial charge on any atom is -0.461 e. The van der Waals surface area contributed by atoms with E-state index in [4.69, 9.17) is 4.42 Å². The number of amides is 1. The van der Waals surface area contributed by atoms with Crippen LogP contribution < -0.4 is 20.1 Å². The fraction of sp³-hybridized carbons (Fsp3) is 0.227. The number of furan rings is 1. The smallest absolute Gasteiger partial charge is 0.269 e. The molecular weight excluding hydrogens is 388 g/mol. The number of aryl methyl sites for hydroxylation is 1.